The molecule has 0 aliphatic carbocycles. The van der Waals surface area contributed by atoms with Crippen molar-refractivity contribution in [3.8, 4) is 5.75 Å². The van der Waals surface area contributed by atoms with Crippen LogP contribution in [0.4, 0.5) is 0 Å². The second-order valence-electron chi connectivity index (χ2n) is 6.97. The van der Waals surface area contributed by atoms with Crippen LogP contribution in [0, 0.1) is 11.8 Å². The predicted molar refractivity (Wildman–Crippen MR) is 98.6 cm³/mol. The van der Waals surface area contributed by atoms with Crippen LogP contribution < -0.4 is 17.1 Å². The minimum absolute atomic E-state index is 0. The highest BCUT2D eigenvalue weighted by molar-refractivity contribution is 5.83. The van der Waals surface area contributed by atoms with E-state index in [1.165, 1.54) is 6.42 Å². The summed E-state index contributed by atoms with van der Waals surface area (Å²) in [6.07, 6.45) is 5.62. The molecule has 0 saturated carbocycles. The molecule has 2 bridgehead atoms. The number of methoxy groups -OCH3 is 1. The Morgan fingerprint density at radius 2 is 2.19 bits per heavy atom. The van der Waals surface area contributed by atoms with Crippen molar-refractivity contribution in [1.29, 1.82) is 0 Å². The van der Waals surface area contributed by atoms with Crippen molar-refractivity contribution < 1.29 is 27.7 Å². The zero-order valence-corrected chi connectivity index (χ0v) is 15.7. The number of aromatic nitrogens is 1. The molecule has 5 nitrogen and oxygen atoms in total. The summed E-state index contributed by atoms with van der Waals surface area (Å²) < 4.78 is 5.35. The molecule has 3 aliphatic rings. The summed E-state index contributed by atoms with van der Waals surface area (Å²) in [5, 5.41) is 12.1. The van der Waals surface area contributed by atoms with Crippen LogP contribution in [-0.4, -0.2) is 46.7 Å². The number of aliphatic hydroxyl groups excluding tert-OH is 1. The molecule has 1 aromatic carbocycles. The van der Waals surface area contributed by atoms with Gasteiger partial charge in [-0.1, -0.05) is 6.08 Å². The lowest BCUT2D eigenvalue weighted by molar-refractivity contribution is -0.0444. The Morgan fingerprint density at radius 1 is 1.38 bits per heavy atom. The molecule has 2 aromatic rings. The van der Waals surface area contributed by atoms with Gasteiger partial charge in [0.05, 0.1) is 18.7 Å². The zero-order chi connectivity index (χ0) is 16.7. The molecule has 0 spiro atoms. The number of hydrogen-bond acceptors (Lipinski definition) is 4. The topological polar surface area (TPSA) is 77.1 Å². The first-order chi connectivity index (χ1) is 11.7. The maximum Gasteiger partial charge on any atom is 0.119 e. The number of fused-ring (bicyclic) bond motifs is 4. The molecule has 3 N–H and O–H groups in total. The smallest absolute Gasteiger partial charge is 0.119 e. The molecule has 142 valence electrons. The number of hydrogen-bond donors (Lipinski definition) is 1. The van der Waals surface area contributed by atoms with E-state index in [1.807, 2.05) is 24.3 Å². The summed E-state index contributed by atoms with van der Waals surface area (Å²) in [5.74, 6) is 2.01. The summed E-state index contributed by atoms with van der Waals surface area (Å²) >= 11 is 0. The molecule has 26 heavy (non-hydrogen) atoms. The molecule has 1 aromatic heterocycles. The van der Waals surface area contributed by atoms with Gasteiger partial charge in [-0.2, -0.15) is 0 Å². The Labute approximate surface area is 160 Å². The van der Waals surface area contributed by atoms with Crippen molar-refractivity contribution in [3.05, 3.63) is 48.7 Å². The first-order valence-electron chi connectivity index (χ1n) is 8.68. The van der Waals surface area contributed by atoms with Gasteiger partial charge in [-0.05, 0) is 61.1 Å². The van der Waals surface area contributed by atoms with E-state index in [-0.39, 0.29) is 23.9 Å². The summed E-state index contributed by atoms with van der Waals surface area (Å²) in [4.78, 5) is 6.86. The van der Waals surface area contributed by atoms with Crippen LogP contribution in [-0.2, 0) is 0 Å². The Balaban J connectivity index is 0.00000121. The van der Waals surface area contributed by atoms with Crippen molar-refractivity contribution in [3.63, 3.8) is 0 Å². The van der Waals surface area contributed by atoms with Gasteiger partial charge in [0.25, 0.3) is 0 Å². The highest BCUT2D eigenvalue weighted by atomic mass is 35.5. The minimum atomic E-state index is -0.504. The second-order valence-corrected chi connectivity index (χ2v) is 6.97. The van der Waals surface area contributed by atoms with Crippen molar-refractivity contribution in [2.24, 2.45) is 11.8 Å². The molecule has 3 saturated heterocycles. The van der Waals surface area contributed by atoms with Gasteiger partial charge in [-0.3, -0.25) is 9.88 Å². The fourth-order valence-corrected chi connectivity index (χ4v) is 4.44. The van der Waals surface area contributed by atoms with Crippen LogP contribution in [0.5, 0.6) is 5.75 Å². The van der Waals surface area contributed by atoms with E-state index in [4.69, 9.17) is 4.74 Å². The third kappa shape index (κ3) is 3.45. The first kappa shape index (κ1) is 20.6. The quantitative estimate of drug-likeness (QED) is 0.718. The van der Waals surface area contributed by atoms with Gasteiger partial charge >= 0.3 is 0 Å². The van der Waals surface area contributed by atoms with E-state index in [1.54, 1.807) is 13.3 Å². The Hall–Kier alpha value is -1.66. The molecular weight excluding hydrogens is 352 g/mol. The lowest BCUT2D eigenvalue weighted by Gasteiger charge is -2.50. The summed E-state index contributed by atoms with van der Waals surface area (Å²) in [7, 11) is 1.66. The second kappa shape index (κ2) is 8.35. The summed E-state index contributed by atoms with van der Waals surface area (Å²) in [6.45, 7) is 6.07. The van der Waals surface area contributed by atoms with Gasteiger partial charge in [0.2, 0.25) is 0 Å². The fraction of sp³-hybridized carbons (Fsp3) is 0.450. The van der Waals surface area contributed by atoms with Gasteiger partial charge < -0.3 is 27.7 Å². The lowest BCUT2D eigenvalue weighted by Crippen LogP contribution is -3.00. The van der Waals surface area contributed by atoms with Gasteiger partial charge in [-0.25, -0.2) is 0 Å². The third-order valence-corrected chi connectivity index (χ3v) is 5.82. The van der Waals surface area contributed by atoms with Gasteiger partial charge in [0.15, 0.2) is 0 Å². The van der Waals surface area contributed by atoms with Gasteiger partial charge in [-0.15, -0.1) is 6.58 Å². The molecule has 5 unspecified atom stereocenters. The Morgan fingerprint density at radius 3 is 2.85 bits per heavy atom. The van der Waals surface area contributed by atoms with E-state index in [0.29, 0.717) is 11.8 Å². The monoisotopic (exact) mass is 377 g/mol. The largest absolute Gasteiger partial charge is 1.00 e. The summed E-state index contributed by atoms with van der Waals surface area (Å²) in [6, 6.07) is 7.96. The van der Waals surface area contributed by atoms with Crippen molar-refractivity contribution >= 4 is 10.9 Å². The van der Waals surface area contributed by atoms with Crippen molar-refractivity contribution in [1.82, 2.24) is 9.88 Å². The van der Waals surface area contributed by atoms with Crippen molar-refractivity contribution in [2.45, 2.75) is 25.0 Å². The average Bonchev–Trinajstić information content (AvgIpc) is 2.66. The third-order valence-electron chi connectivity index (χ3n) is 5.82. The van der Waals surface area contributed by atoms with E-state index in [2.05, 4.69) is 22.5 Å². The van der Waals surface area contributed by atoms with Crippen LogP contribution >= 0.6 is 0 Å². The lowest BCUT2D eigenvalue weighted by atomic mass is 9.73. The number of piperidine rings is 3. The molecule has 3 aliphatic heterocycles. The molecule has 4 heterocycles. The molecule has 0 radical (unpaired) electrons. The highest BCUT2D eigenvalue weighted by Gasteiger charge is 2.42. The van der Waals surface area contributed by atoms with Crippen LogP contribution in [0.1, 0.15) is 24.5 Å². The predicted octanol–water partition coefficient (Wildman–Crippen LogP) is -0.647. The number of ether oxygens (including phenoxy) is 1. The number of nitrogens with zero attached hydrogens (tertiary/aromatic N) is 2. The molecule has 5 rings (SSSR count). The van der Waals surface area contributed by atoms with Crippen LogP contribution in [0.3, 0.4) is 0 Å². The average molecular weight is 378 g/mol. The van der Waals surface area contributed by atoms with E-state index in [0.717, 1.165) is 41.7 Å². The normalized spacial score (nSPS) is 27.9. The standard InChI is InChI=1S/C20H24N2O2.ClH.H2O/c1-3-13-12-22-9-7-14(13)10-19(22)20(23)16-6-8-21-18-5-4-15(24-2)11-17(16)18;;/h3-6,8,11,13-14,19-20,23H,1,7,9-10,12H2,2H3;1H;1H2/p-1. The molecule has 0 amide bonds. The van der Waals surface area contributed by atoms with Crippen LogP contribution in [0.25, 0.3) is 10.9 Å². The zero-order valence-electron chi connectivity index (χ0n) is 14.9. The van der Waals surface area contributed by atoms with Gasteiger partial charge in [0, 0.05) is 24.2 Å². The fourth-order valence-electron chi connectivity index (χ4n) is 4.44. The summed E-state index contributed by atoms with van der Waals surface area (Å²) in [5.41, 5.74) is 1.85. The van der Waals surface area contributed by atoms with E-state index in [9.17, 15) is 5.11 Å². The van der Waals surface area contributed by atoms with Crippen LogP contribution in [0.15, 0.2) is 43.1 Å². The van der Waals surface area contributed by atoms with Crippen LogP contribution in [0.2, 0.25) is 0 Å². The van der Waals surface area contributed by atoms with E-state index < -0.39 is 6.10 Å². The maximum atomic E-state index is 11.2. The first-order valence-corrected chi connectivity index (χ1v) is 8.68. The molecular formula is C20H26ClN2O3-. The Kier molecular flexibility index (Phi) is 6.64. The molecule has 5 atom stereocenters. The number of rotatable bonds is 4. The molecule has 6 heteroatoms. The Bertz CT molecular complexity index is 770. The molecule has 3 fully saturated rings. The highest BCUT2D eigenvalue weighted by Crippen LogP contribution is 2.42. The number of halogens is 1. The van der Waals surface area contributed by atoms with Gasteiger partial charge in [0.1, 0.15) is 5.75 Å². The maximum absolute atomic E-state index is 11.2. The SMILES string of the molecule is C=CC1CN2CCC1CC2C(O)c1ccnc2ccc(OC)cc12.O.[Cl-]. The minimum Gasteiger partial charge on any atom is -1.00 e. The van der Waals surface area contributed by atoms with Crippen molar-refractivity contribution in [2.75, 3.05) is 20.2 Å². The number of benzene rings is 1. The van der Waals surface area contributed by atoms with E-state index >= 15 is 0 Å². The number of aliphatic hydroxyl groups is 1. The number of pyridine rings is 1.